The number of halogens is 1. The lowest BCUT2D eigenvalue weighted by Crippen LogP contribution is -2.49. The Morgan fingerprint density at radius 2 is 1.85 bits per heavy atom. The molecule has 0 N–H and O–H groups in total. The molecule has 9 nitrogen and oxygen atoms in total. The Hall–Kier alpha value is -3.86. The minimum atomic E-state index is -0.476. The zero-order valence-electron chi connectivity index (χ0n) is 17.6. The lowest BCUT2D eigenvalue weighted by molar-refractivity contribution is -0.385. The van der Waals surface area contributed by atoms with E-state index in [1.54, 1.807) is 23.1 Å². The molecule has 1 amide bonds. The summed E-state index contributed by atoms with van der Waals surface area (Å²) < 4.78 is 15.1. The van der Waals surface area contributed by atoms with E-state index in [-0.39, 0.29) is 17.4 Å². The molecule has 1 aliphatic heterocycles. The average Bonchev–Trinajstić information content (AvgIpc) is 3.38. The number of rotatable bonds is 4. The molecule has 0 spiro atoms. The summed E-state index contributed by atoms with van der Waals surface area (Å²) in [7, 11) is 0. The van der Waals surface area contributed by atoms with Crippen LogP contribution in [0.5, 0.6) is 0 Å². The third-order valence-electron chi connectivity index (χ3n) is 5.73. The smallest absolute Gasteiger partial charge is 0.287 e. The molecule has 3 aromatic heterocycles. The van der Waals surface area contributed by atoms with Crippen LogP contribution in [0.4, 0.5) is 15.9 Å². The third kappa shape index (κ3) is 3.91. The third-order valence-corrected chi connectivity index (χ3v) is 6.87. The number of nitrogens with zero attached hydrogens (tertiary/aromatic N) is 6. The topological polar surface area (TPSA) is 96.9 Å². The fraction of sp³-hybridized carbons (Fsp3) is 0.227. The first-order valence-corrected chi connectivity index (χ1v) is 11.1. The highest BCUT2D eigenvalue weighted by atomic mass is 32.1. The Balaban J connectivity index is 1.29. The van der Waals surface area contributed by atoms with Crippen molar-refractivity contribution in [3.05, 3.63) is 75.3 Å². The Kier molecular flexibility index (Phi) is 5.25. The van der Waals surface area contributed by atoms with Crippen LogP contribution in [0.1, 0.15) is 15.4 Å². The maximum absolute atomic E-state index is 13.2. The molecular formula is C22H19FN6O3S. The number of carbonyl (C=O) groups excluding carboxylic acids is 1. The monoisotopic (exact) mass is 466 g/mol. The predicted octanol–water partition coefficient (Wildman–Crippen LogP) is 3.78. The zero-order chi connectivity index (χ0) is 23.1. The fourth-order valence-electron chi connectivity index (χ4n) is 3.86. The van der Waals surface area contributed by atoms with Crippen LogP contribution in [0.25, 0.3) is 16.2 Å². The van der Waals surface area contributed by atoms with Gasteiger partial charge in [0.2, 0.25) is 0 Å². The van der Waals surface area contributed by atoms with Crippen LogP contribution in [0.3, 0.4) is 0 Å². The molecule has 0 unspecified atom stereocenters. The SMILES string of the molecule is Cc1c(C(=O)N2CCN(c3ccc([N+](=O)[O-])cn3)CC2)sc2nc(-c3ccc(F)cc3)cn12. The highest BCUT2D eigenvalue weighted by Crippen LogP contribution is 2.29. The lowest BCUT2D eigenvalue weighted by Gasteiger charge is -2.35. The van der Waals surface area contributed by atoms with Gasteiger partial charge in [-0.15, -0.1) is 0 Å². The molecule has 1 saturated heterocycles. The second kappa shape index (κ2) is 8.24. The summed E-state index contributed by atoms with van der Waals surface area (Å²) in [6, 6.07) is 9.23. The van der Waals surface area contributed by atoms with Crippen molar-refractivity contribution < 1.29 is 14.1 Å². The van der Waals surface area contributed by atoms with Crippen LogP contribution in [-0.4, -0.2) is 56.3 Å². The zero-order valence-corrected chi connectivity index (χ0v) is 18.5. The van der Waals surface area contributed by atoms with Crippen LogP contribution in [0.2, 0.25) is 0 Å². The number of fused-ring (bicyclic) bond motifs is 1. The molecule has 1 aliphatic rings. The number of pyridine rings is 1. The van der Waals surface area contributed by atoms with Crippen molar-refractivity contribution in [1.29, 1.82) is 0 Å². The van der Waals surface area contributed by atoms with E-state index in [4.69, 9.17) is 0 Å². The molecule has 0 bridgehead atoms. The number of hydrogen-bond donors (Lipinski definition) is 0. The number of aryl methyl sites for hydroxylation is 1. The summed E-state index contributed by atoms with van der Waals surface area (Å²) in [5.74, 6) is 0.322. The number of carbonyl (C=O) groups is 1. The van der Waals surface area contributed by atoms with Crippen molar-refractivity contribution in [2.45, 2.75) is 6.92 Å². The van der Waals surface area contributed by atoms with E-state index >= 15 is 0 Å². The molecule has 11 heteroatoms. The summed E-state index contributed by atoms with van der Waals surface area (Å²) in [5.41, 5.74) is 2.32. The predicted molar refractivity (Wildman–Crippen MR) is 122 cm³/mol. The molecular weight excluding hydrogens is 447 g/mol. The second-order valence-electron chi connectivity index (χ2n) is 7.71. The van der Waals surface area contributed by atoms with E-state index in [9.17, 15) is 19.3 Å². The van der Waals surface area contributed by atoms with Gasteiger partial charge in [0.1, 0.15) is 22.7 Å². The van der Waals surface area contributed by atoms with Crippen LogP contribution < -0.4 is 4.90 Å². The van der Waals surface area contributed by atoms with Crippen molar-refractivity contribution in [2.75, 3.05) is 31.1 Å². The number of amides is 1. The quantitative estimate of drug-likeness (QED) is 0.336. The molecule has 0 radical (unpaired) electrons. The number of benzene rings is 1. The van der Waals surface area contributed by atoms with Crippen molar-refractivity contribution in [1.82, 2.24) is 19.3 Å². The molecule has 168 valence electrons. The summed E-state index contributed by atoms with van der Waals surface area (Å²) in [6.45, 7) is 4.12. The van der Waals surface area contributed by atoms with Crippen LogP contribution in [0.15, 0.2) is 48.8 Å². The van der Waals surface area contributed by atoms with E-state index in [1.807, 2.05) is 22.4 Å². The van der Waals surface area contributed by atoms with Crippen molar-refractivity contribution >= 4 is 33.7 Å². The number of nitro groups is 1. The van der Waals surface area contributed by atoms with Crippen molar-refractivity contribution in [3.8, 4) is 11.3 Å². The van der Waals surface area contributed by atoms with Gasteiger partial charge >= 0.3 is 0 Å². The van der Waals surface area contributed by atoms with Crippen molar-refractivity contribution in [3.63, 3.8) is 0 Å². The first kappa shape index (κ1) is 21.0. The van der Waals surface area contributed by atoms with Gasteiger partial charge in [-0.3, -0.25) is 19.3 Å². The van der Waals surface area contributed by atoms with E-state index in [0.29, 0.717) is 41.8 Å². The van der Waals surface area contributed by atoms with Gasteiger partial charge in [-0.2, -0.15) is 0 Å². The van der Waals surface area contributed by atoms with E-state index in [1.165, 1.54) is 35.7 Å². The number of thiazole rings is 1. The van der Waals surface area contributed by atoms with Gasteiger partial charge in [0, 0.05) is 49.7 Å². The summed E-state index contributed by atoms with van der Waals surface area (Å²) in [6.07, 6.45) is 3.11. The average molecular weight is 466 g/mol. The van der Waals surface area contributed by atoms with Crippen LogP contribution in [0, 0.1) is 22.9 Å². The van der Waals surface area contributed by atoms with E-state index < -0.39 is 4.92 Å². The van der Waals surface area contributed by atoms with Gasteiger partial charge in [-0.05, 0) is 37.3 Å². The minimum Gasteiger partial charge on any atom is -0.353 e. The first-order valence-electron chi connectivity index (χ1n) is 10.3. The number of anilines is 1. The Bertz CT molecular complexity index is 1340. The summed E-state index contributed by atoms with van der Waals surface area (Å²) in [4.78, 5) is 37.5. The highest BCUT2D eigenvalue weighted by molar-refractivity contribution is 7.19. The van der Waals surface area contributed by atoms with Gasteiger partial charge in [-0.25, -0.2) is 14.4 Å². The molecule has 5 rings (SSSR count). The fourth-order valence-corrected chi connectivity index (χ4v) is 4.94. The maximum Gasteiger partial charge on any atom is 0.287 e. The number of hydrogen-bond acceptors (Lipinski definition) is 7. The number of aromatic nitrogens is 3. The molecule has 0 atom stereocenters. The molecule has 1 fully saturated rings. The van der Waals surface area contributed by atoms with Crippen molar-refractivity contribution in [2.24, 2.45) is 0 Å². The molecule has 0 saturated carbocycles. The molecule has 33 heavy (non-hydrogen) atoms. The highest BCUT2D eigenvalue weighted by Gasteiger charge is 2.27. The van der Waals surface area contributed by atoms with Gasteiger partial charge in [-0.1, -0.05) is 11.3 Å². The first-order chi connectivity index (χ1) is 15.9. The van der Waals surface area contributed by atoms with Gasteiger partial charge in [0.15, 0.2) is 4.96 Å². The molecule has 4 aromatic rings. The van der Waals surface area contributed by atoms with Gasteiger partial charge < -0.3 is 9.80 Å². The van der Waals surface area contributed by atoms with Gasteiger partial charge in [0.05, 0.1) is 10.6 Å². The Labute approximate surface area is 191 Å². The number of imidazole rings is 1. The van der Waals surface area contributed by atoms with E-state index in [0.717, 1.165) is 17.0 Å². The maximum atomic E-state index is 13.2. The summed E-state index contributed by atoms with van der Waals surface area (Å²) >= 11 is 1.34. The van der Waals surface area contributed by atoms with E-state index in [2.05, 4.69) is 9.97 Å². The normalized spacial score (nSPS) is 14.1. The molecule has 4 heterocycles. The Morgan fingerprint density at radius 1 is 1.12 bits per heavy atom. The minimum absolute atomic E-state index is 0.0392. The van der Waals surface area contributed by atoms with Crippen LogP contribution >= 0.6 is 11.3 Å². The van der Waals surface area contributed by atoms with Gasteiger partial charge in [0.25, 0.3) is 11.6 Å². The Morgan fingerprint density at radius 3 is 2.45 bits per heavy atom. The second-order valence-corrected chi connectivity index (χ2v) is 8.69. The molecule has 0 aliphatic carbocycles. The number of piperazine rings is 1. The summed E-state index contributed by atoms with van der Waals surface area (Å²) in [5, 5.41) is 10.8. The molecule has 1 aromatic carbocycles. The standard InChI is InChI=1S/C22H19FN6O3S/c1-14-20(33-22-25-18(13-28(14)22)15-2-4-16(23)5-3-15)21(30)27-10-8-26(9-11-27)19-7-6-17(12-24-19)29(31)32/h2-7,12-13H,8-11H2,1H3. The van der Waals surface area contributed by atoms with Crippen LogP contribution in [-0.2, 0) is 0 Å². The largest absolute Gasteiger partial charge is 0.353 e. The lowest BCUT2D eigenvalue weighted by atomic mass is 10.2.